The molecular weight excluding hydrogens is 252 g/mol. The fourth-order valence-corrected chi connectivity index (χ4v) is 2.88. The third-order valence-electron chi connectivity index (χ3n) is 4.44. The monoisotopic (exact) mass is 276 g/mol. The molecular formula is C16H24N2O2. The van der Waals surface area contributed by atoms with Gasteiger partial charge in [-0.15, -0.1) is 0 Å². The molecule has 1 aromatic carbocycles. The van der Waals surface area contributed by atoms with Crippen molar-refractivity contribution in [2.45, 2.75) is 26.3 Å². The third kappa shape index (κ3) is 2.86. The highest BCUT2D eigenvalue weighted by molar-refractivity contribution is 5.84. The van der Waals surface area contributed by atoms with Gasteiger partial charge in [-0.05, 0) is 24.4 Å². The second kappa shape index (κ2) is 6.37. The van der Waals surface area contributed by atoms with Gasteiger partial charge >= 0.3 is 0 Å². The van der Waals surface area contributed by atoms with Crippen molar-refractivity contribution in [3.05, 3.63) is 35.9 Å². The molecule has 110 valence electrons. The predicted octanol–water partition coefficient (Wildman–Crippen LogP) is 1.47. The number of aliphatic hydroxyl groups excluding tert-OH is 1. The topological polar surface area (TPSA) is 61.4 Å². The van der Waals surface area contributed by atoms with E-state index < -0.39 is 0 Å². The van der Waals surface area contributed by atoms with Crippen molar-refractivity contribution in [1.29, 1.82) is 0 Å². The van der Waals surface area contributed by atoms with Gasteiger partial charge in [0, 0.05) is 6.54 Å². The molecule has 1 aromatic rings. The summed E-state index contributed by atoms with van der Waals surface area (Å²) in [5.41, 5.74) is 0.579. The Morgan fingerprint density at radius 2 is 2.10 bits per heavy atom. The van der Waals surface area contributed by atoms with Crippen molar-refractivity contribution in [3.8, 4) is 0 Å². The van der Waals surface area contributed by atoms with Gasteiger partial charge in [-0.3, -0.25) is 4.79 Å². The Labute approximate surface area is 120 Å². The zero-order chi connectivity index (χ0) is 14.6. The number of nitrogens with one attached hydrogen (secondary N) is 2. The van der Waals surface area contributed by atoms with Crippen molar-refractivity contribution in [2.24, 2.45) is 11.3 Å². The van der Waals surface area contributed by atoms with Gasteiger partial charge in [0.15, 0.2) is 0 Å². The molecule has 1 saturated heterocycles. The minimum absolute atomic E-state index is 0.0420. The molecule has 4 heteroatoms. The lowest BCUT2D eigenvalue weighted by Gasteiger charge is -2.33. The molecule has 1 aliphatic rings. The van der Waals surface area contributed by atoms with Crippen LogP contribution in [0.15, 0.2) is 30.3 Å². The molecule has 0 radical (unpaired) electrons. The number of hydrogen-bond acceptors (Lipinski definition) is 3. The first-order chi connectivity index (χ1) is 9.60. The van der Waals surface area contributed by atoms with Crippen molar-refractivity contribution in [2.75, 3.05) is 19.7 Å². The van der Waals surface area contributed by atoms with E-state index in [0.29, 0.717) is 6.54 Å². The van der Waals surface area contributed by atoms with Gasteiger partial charge in [-0.1, -0.05) is 44.2 Å². The van der Waals surface area contributed by atoms with Crippen LogP contribution in [0.4, 0.5) is 0 Å². The molecule has 0 saturated carbocycles. The van der Waals surface area contributed by atoms with Crippen LogP contribution in [0.2, 0.25) is 0 Å². The third-order valence-corrected chi connectivity index (χ3v) is 4.44. The smallest absolute Gasteiger partial charge is 0.228 e. The molecule has 2 rings (SSSR count). The summed E-state index contributed by atoms with van der Waals surface area (Å²) in [7, 11) is 0. The summed E-state index contributed by atoms with van der Waals surface area (Å²) in [6.07, 6.45) is 0.851. The maximum Gasteiger partial charge on any atom is 0.228 e. The van der Waals surface area contributed by atoms with Crippen LogP contribution in [-0.2, 0) is 4.79 Å². The minimum Gasteiger partial charge on any atom is -0.394 e. The molecule has 0 spiro atoms. The van der Waals surface area contributed by atoms with Crippen LogP contribution in [-0.4, -0.2) is 30.7 Å². The van der Waals surface area contributed by atoms with Crippen molar-refractivity contribution in [3.63, 3.8) is 0 Å². The quantitative estimate of drug-likeness (QED) is 0.763. The van der Waals surface area contributed by atoms with E-state index in [-0.39, 0.29) is 29.9 Å². The van der Waals surface area contributed by atoms with Crippen LogP contribution in [0.5, 0.6) is 0 Å². The summed E-state index contributed by atoms with van der Waals surface area (Å²) in [6, 6.07) is 9.28. The molecule has 0 bridgehead atoms. The molecule has 1 fully saturated rings. The Balaban J connectivity index is 2.13. The highest BCUT2D eigenvalue weighted by Gasteiger charge is 2.44. The number of carbonyl (C=O) groups excluding carboxylic acids is 1. The summed E-state index contributed by atoms with van der Waals surface area (Å²) < 4.78 is 0. The normalized spacial score (nSPS) is 23.8. The van der Waals surface area contributed by atoms with E-state index in [1.807, 2.05) is 30.3 Å². The maximum absolute atomic E-state index is 12.7. The minimum atomic E-state index is -0.359. The van der Waals surface area contributed by atoms with E-state index in [1.165, 1.54) is 0 Å². The Kier molecular flexibility index (Phi) is 4.78. The van der Waals surface area contributed by atoms with Gasteiger partial charge in [-0.25, -0.2) is 0 Å². The van der Waals surface area contributed by atoms with Crippen LogP contribution in [0, 0.1) is 11.3 Å². The molecule has 1 amide bonds. The molecule has 0 aromatic heterocycles. The number of hydrogen-bond donors (Lipinski definition) is 3. The van der Waals surface area contributed by atoms with Crippen LogP contribution in [0.25, 0.3) is 0 Å². The van der Waals surface area contributed by atoms with Crippen LogP contribution in [0.3, 0.4) is 0 Å². The molecule has 1 aliphatic heterocycles. The highest BCUT2D eigenvalue weighted by atomic mass is 16.3. The fraction of sp³-hybridized carbons (Fsp3) is 0.562. The first-order valence-electron chi connectivity index (χ1n) is 7.27. The molecule has 20 heavy (non-hydrogen) atoms. The molecule has 3 N–H and O–H groups in total. The SMILES string of the molecule is CC(C)C1(C(=O)N[C@H](CO)c2ccccc2)CCNC1. The first kappa shape index (κ1) is 15.0. The van der Waals surface area contributed by atoms with Gasteiger partial charge in [0.25, 0.3) is 0 Å². The van der Waals surface area contributed by atoms with Gasteiger partial charge < -0.3 is 15.7 Å². The van der Waals surface area contributed by atoms with E-state index in [4.69, 9.17) is 0 Å². The highest BCUT2D eigenvalue weighted by Crippen LogP contribution is 2.35. The van der Waals surface area contributed by atoms with E-state index in [0.717, 1.165) is 18.5 Å². The fourth-order valence-electron chi connectivity index (χ4n) is 2.88. The lowest BCUT2D eigenvalue weighted by Crippen LogP contribution is -2.47. The van der Waals surface area contributed by atoms with Gasteiger partial charge in [-0.2, -0.15) is 0 Å². The zero-order valence-electron chi connectivity index (χ0n) is 12.2. The molecule has 2 atom stereocenters. The van der Waals surface area contributed by atoms with E-state index in [9.17, 15) is 9.90 Å². The average molecular weight is 276 g/mol. The van der Waals surface area contributed by atoms with Crippen molar-refractivity contribution in [1.82, 2.24) is 10.6 Å². The summed E-state index contributed by atoms with van der Waals surface area (Å²) in [5, 5.41) is 15.9. The van der Waals surface area contributed by atoms with Gasteiger partial charge in [0.05, 0.1) is 18.1 Å². The predicted molar refractivity (Wildman–Crippen MR) is 79.2 cm³/mol. The number of rotatable bonds is 5. The zero-order valence-corrected chi connectivity index (χ0v) is 12.2. The maximum atomic E-state index is 12.7. The van der Waals surface area contributed by atoms with E-state index >= 15 is 0 Å². The van der Waals surface area contributed by atoms with Crippen molar-refractivity contribution < 1.29 is 9.90 Å². The lowest BCUT2D eigenvalue weighted by atomic mass is 9.75. The summed E-state index contributed by atoms with van der Waals surface area (Å²) in [6.45, 7) is 5.67. The van der Waals surface area contributed by atoms with Crippen molar-refractivity contribution >= 4 is 5.91 Å². The van der Waals surface area contributed by atoms with E-state index in [1.54, 1.807) is 0 Å². The largest absolute Gasteiger partial charge is 0.394 e. The summed E-state index contributed by atoms with van der Waals surface area (Å²) in [5.74, 6) is 0.313. The number of amides is 1. The second-order valence-electron chi connectivity index (χ2n) is 5.86. The summed E-state index contributed by atoms with van der Waals surface area (Å²) >= 11 is 0. The molecule has 1 unspecified atom stereocenters. The summed E-state index contributed by atoms with van der Waals surface area (Å²) in [4.78, 5) is 12.7. The Bertz CT molecular complexity index is 439. The first-order valence-corrected chi connectivity index (χ1v) is 7.27. The van der Waals surface area contributed by atoms with E-state index in [2.05, 4.69) is 24.5 Å². The van der Waals surface area contributed by atoms with Crippen LogP contribution >= 0.6 is 0 Å². The standard InChI is InChI=1S/C16H24N2O2/c1-12(2)16(8-9-17-11-16)15(20)18-14(10-19)13-6-4-3-5-7-13/h3-7,12,14,17,19H,8-11H2,1-2H3,(H,18,20)/t14-,16?/m1/s1. The Morgan fingerprint density at radius 1 is 1.40 bits per heavy atom. The Hall–Kier alpha value is -1.39. The molecule has 0 aliphatic carbocycles. The number of benzene rings is 1. The average Bonchev–Trinajstić information content (AvgIpc) is 2.96. The molecule has 4 nitrogen and oxygen atoms in total. The second-order valence-corrected chi connectivity index (χ2v) is 5.86. The number of carbonyl (C=O) groups is 1. The van der Waals surface area contributed by atoms with Gasteiger partial charge in [0.2, 0.25) is 5.91 Å². The van der Waals surface area contributed by atoms with Crippen LogP contribution in [0.1, 0.15) is 31.9 Å². The van der Waals surface area contributed by atoms with Gasteiger partial charge in [0.1, 0.15) is 0 Å². The van der Waals surface area contributed by atoms with Crippen LogP contribution < -0.4 is 10.6 Å². The Morgan fingerprint density at radius 3 is 2.60 bits per heavy atom. The lowest BCUT2D eigenvalue weighted by molar-refractivity contribution is -0.133. The molecule has 1 heterocycles. The number of aliphatic hydroxyl groups is 1.